The van der Waals surface area contributed by atoms with Gasteiger partial charge in [-0.05, 0) is 18.2 Å². The van der Waals surface area contributed by atoms with Gasteiger partial charge < -0.3 is 14.4 Å². The summed E-state index contributed by atoms with van der Waals surface area (Å²) < 4.78 is 34.9. The molecule has 1 amide bonds. The molecule has 8 heteroatoms. The Kier molecular flexibility index (Phi) is 5.48. The van der Waals surface area contributed by atoms with Crippen LogP contribution in [0, 0.1) is 0 Å². The van der Waals surface area contributed by atoms with E-state index in [9.17, 15) is 13.2 Å². The molecule has 1 aromatic rings. The molecule has 0 N–H and O–H groups in total. The third-order valence-electron chi connectivity index (χ3n) is 3.89. The highest BCUT2D eigenvalue weighted by Crippen LogP contribution is 2.25. The van der Waals surface area contributed by atoms with E-state index in [-0.39, 0.29) is 12.3 Å². The number of hydrogen-bond acceptors (Lipinski definition) is 5. The third-order valence-corrected chi connectivity index (χ3v) is 5.19. The van der Waals surface area contributed by atoms with Gasteiger partial charge in [0.25, 0.3) is 0 Å². The maximum Gasteiger partial charge on any atom is 0.227 e. The van der Waals surface area contributed by atoms with Crippen LogP contribution in [0.3, 0.4) is 0 Å². The van der Waals surface area contributed by atoms with Crippen LogP contribution in [0.2, 0.25) is 0 Å². The van der Waals surface area contributed by atoms with Gasteiger partial charge in [-0.25, -0.2) is 8.42 Å². The molecule has 23 heavy (non-hydrogen) atoms. The van der Waals surface area contributed by atoms with E-state index in [1.165, 1.54) is 10.6 Å². The lowest BCUT2D eigenvalue weighted by molar-refractivity contribution is -0.131. The van der Waals surface area contributed by atoms with Gasteiger partial charge in [0.2, 0.25) is 15.9 Å². The lowest BCUT2D eigenvalue weighted by Gasteiger charge is -2.33. The number of sulfonamides is 1. The summed E-state index contributed by atoms with van der Waals surface area (Å²) in [7, 11) is -0.0712. The van der Waals surface area contributed by atoms with Crippen molar-refractivity contribution in [2.75, 3.05) is 46.7 Å². The van der Waals surface area contributed by atoms with E-state index in [1.54, 1.807) is 37.3 Å². The summed E-state index contributed by atoms with van der Waals surface area (Å²) in [6.07, 6.45) is 1.38. The van der Waals surface area contributed by atoms with Crippen molar-refractivity contribution in [3.8, 4) is 11.5 Å². The molecule has 0 saturated carbocycles. The summed E-state index contributed by atoms with van der Waals surface area (Å²) >= 11 is 0. The topological polar surface area (TPSA) is 76.2 Å². The number of piperazine rings is 1. The van der Waals surface area contributed by atoms with E-state index >= 15 is 0 Å². The normalized spacial score (nSPS) is 16.2. The van der Waals surface area contributed by atoms with E-state index in [2.05, 4.69) is 0 Å². The van der Waals surface area contributed by atoms with Crippen LogP contribution in [0.15, 0.2) is 18.2 Å². The zero-order chi connectivity index (χ0) is 17.0. The monoisotopic (exact) mass is 342 g/mol. The highest BCUT2D eigenvalue weighted by atomic mass is 32.2. The standard InChI is InChI=1S/C15H22N2O5S/c1-21-13-4-5-14(22-2)12(10-13)11-15(18)16-6-8-17(9-7-16)23(3,19)20/h4-5,10H,6-9,11H2,1-3H3. The first-order chi connectivity index (χ1) is 10.8. The summed E-state index contributed by atoms with van der Waals surface area (Å²) in [6.45, 7) is 1.47. The van der Waals surface area contributed by atoms with E-state index in [0.29, 0.717) is 37.7 Å². The smallest absolute Gasteiger partial charge is 0.227 e. The lowest BCUT2D eigenvalue weighted by atomic mass is 10.1. The SMILES string of the molecule is COc1ccc(OC)c(CC(=O)N2CCN(S(C)(=O)=O)CC2)c1. The average molecular weight is 342 g/mol. The Hall–Kier alpha value is -1.80. The maximum absolute atomic E-state index is 12.5. The molecule has 7 nitrogen and oxygen atoms in total. The van der Waals surface area contributed by atoms with Crippen molar-refractivity contribution in [2.24, 2.45) is 0 Å². The highest BCUT2D eigenvalue weighted by molar-refractivity contribution is 7.88. The molecule has 2 rings (SSSR count). The summed E-state index contributed by atoms with van der Waals surface area (Å²) in [6, 6.07) is 5.32. The fourth-order valence-corrected chi connectivity index (χ4v) is 3.39. The van der Waals surface area contributed by atoms with Crippen molar-refractivity contribution in [3.05, 3.63) is 23.8 Å². The molecule has 0 spiro atoms. The van der Waals surface area contributed by atoms with Crippen LogP contribution in [0.4, 0.5) is 0 Å². The van der Waals surface area contributed by atoms with Gasteiger partial charge in [-0.3, -0.25) is 4.79 Å². The summed E-state index contributed by atoms with van der Waals surface area (Å²) in [4.78, 5) is 14.1. The first-order valence-corrected chi connectivity index (χ1v) is 9.13. The Morgan fingerprint density at radius 3 is 2.30 bits per heavy atom. The Labute approximate surface area is 136 Å². The zero-order valence-corrected chi connectivity index (χ0v) is 14.4. The molecular weight excluding hydrogens is 320 g/mol. The van der Waals surface area contributed by atoms with Gasteiger partial charge in [-0.15, -0.1) is 0 Å². The quantitative estimate of drug-likeness (QED) is 0.772. The molecule has 0 bridgehead atoms. The van der Waals surface area contributed by atoms with Gasteiger partial charge in [0.05, 0.1) is 26.9 Å². The van der Waals surface area contributed by atoms with Crippen molar-refractivity contribution in [1.82, 2.24) is 9.21 Å². The predicted octanol–water partition coefficient (Wildman–Crippen LogP) is 0.350. The lowest BCUT2D eigenvalue weighted by Crippen LogP contribution is -2.50. The first-order valence-electron chi connectivity index (χ1n) is 7.29. The third kappa shape index (κ3) is 4.35. The van der Waals surface area contributed by atoms with Crippen LogP contribution >= 0.6 is 0 Å². The minimum absolute atomic E-state index is 0.0512. The van der Waals surface area contributed by atoms with E-state index in [1.807, 2.05) is 0 Å². The first kappa shape index (κ1) is 17.6. The number of amides is 1. The van der Waals surface area contributed by atoms with Gasteiger partial charge in [-0.2, -0.15) is 4.31 Å². The summed E-state index contributed by atoms with van der Waals surface area (Å²) in [5, 5.41) is 0. The van der Waals surface area contributed by atoms with Crippen LogP contribution in [-0.2, 0) is 21.2 Å². The van der Waals surface area contributed by atoms with E-state index in [0.717, 1.165) is 5.56 Å². The second kappa shape index (κ2) is 7.18. The number of rotatable bonds is 5. The molecule has 128 valence electrons. The van der Waals surface area contributed by atoms with Crippen LogP contribution in [0.1, 0.15) is 5.56 Å². The molecule has 0 radical (unpaired) electrons. The molecule has 0 aromatic heterocycles. The molecule has 1 heterocycles. The molecule has 1 fully saturated rings. The predicted molar refractivity (Wildman–Crippen MR) is 86.2 cm³/mol. The van der Waals surface area contributed by atoms with Gasteiger partial charge >= 0.3 is 0 Å². The number of carbonyl (C=O) groups excluding carboxylic acids is 1. The molecule has 1 aliphatic rings. The largest absolute Gasteiger partial charge is 0.497 e. The van der Waals surface area contributed by atoms with Crippen molar-refractivity contribution in [2.45, 2.75) is 6.42 Å². The molecule has 0 aliphatic carbocycles. The number of hydrogen-bond donors (Lipinski definition) is 0. The fourth-order valence-electron chi connectivity index (χ4n) is 2.56. The molecule has 1 saturated heterocycles. The number of carbonyl (C=O) groups is 1. The Morgan fingerprint density at radius 2 is 1.78 bits per heavy atom. The van der Waals surface area contributed by atoms with Crippen LogP contribution < -0.4 is 9.47 Å². The van der Waals surface area contributed by atoms with Crippen molar-refractivity contribution in [3.63, 3.8) is 0 Å². The fraction of sp³-hybridized carbons (Fsp3) is 0.533. The molecule has 1 aliphatic heterocycles. The minimum Gasteiger partial charge on any atom is -0.497 e. The summed E-state index contributed by atoms with van der Waals surface area (Å²) in [5.41, 5.74) is 0.752. The van der Waals surface area contributed by atoms with Crippen molar-refractivity contribution in [1.29, 1.82) is 0 Å². The molecule has 0 unspecified atom stereocenters. The van der Waals surface area contributed by atoms with Gasteiger partial charge in [0.15, 0.2) is 0 Å². The van der Waals surface area contributed by atoms with Crippen LogP contribution in [0.5, 0.6) is 11.5 Å². The number of nitrogens with zero attached hydrogens (tertiary/aromatic N) is 2. The van der Waals surface area contributed by atoms with Crippen molar-refractivity contribution >= 4 is 15.9 Å². The van der Waals surface area contributed by atoms with Crippen LogP contribution in [-0.4, -0.2) is 70.2 Å². The Morgan fingerprint density at radius 1 is 1.13 bits per heavy atom. The maximum atomic E-state index is 12.5. The van der Waals surface area contributed by atoms with Crippen LogP contribution in [0.25, 0.3) is 0 Å². The zero-order valence-electron chi connectivity index (χ0n) is 13.6. The van der Waals surface area contributed by atoms with Crippen molar-refractivity contribution < 1.29 is 22.7 Å². The molecule has 0 atom stereocenters. The number of ether oxygens (including phenoxy) is 2. The second-order valence-corrected chi connectivity index (χ2v) is 7.38. The Bertz CT molecular complexity index is 666. The van der Waals surface area contributed by atoms with Gasteiger partial charge in [0, 0.05) is 31.7 Å². The van der Waals surface area contributed by atoms with E-state index in [4.69, 9.17) is 9.47 Å². The summed E-state index contributed by atoms with van der Waals surface area (Å²) in [5.74, 6) is 1.24. The van der Waals surface area contributed by atoms with Gasteiger partial charge in [0.1, 0.15) is 11.5 Å². The second-order valence-electron chi connectivity index (χ2n) is 5.40. The average Bonchev–Trinajstić information content (AvgIpc) is 2.54. The Balaban J connectivity index is 2.03. The minimum atomic E-state index is -3.19. The number of methoxy groups -OCH3 is 2. The molecule has 1 aromatic carbocycles. The van der Waals surface area contributed by atoms with E-state index < -0.39 is 10.0 Å². The number of benzene rings is 1. The highest BCUT2D eigenvalue weighted by Gasteiger charge is 2.26. The molecular formula is C15H22N2O5S. The van der Waals surface area contributed by atoms with Gasteiger partial charge in [-0.1, -0.05) is 0 Å².